The Morgan fingerprint density at radius 2 is 1.88 bits per heavy atom. The van der Waals surface area contributed by atoms with Crippen LogP contribution in [0, 0.1) is 0 Å². The molecule has 1 unspecified atom stereocenters. The molecule has 5 nitrogen and oxygen atoms in total. The van der Waals surface area contributed by atoms with Gasteiger partial charge in [-0.25, -0.2) is 0 Å². The van der Waals surface area contributed by atoms with E-state index in [4.69, 9.17) is 0 Å². The minimum absolute atomic E-state index is 0.0893. The quantitative estimate of drug-likeness (QED) is 0.777. The van der Waals surface area contributed by atoms with Gasteiger partial charge in [0.15, 0.2) is 0 Å². The molecule has 4 rings (SSSR count). The lowest BCUT2D eigenvalue weighted by Gasteiger charge is -2.35. The van der Waals surface area contributed by atoms with Gasteiger partial charge in [0.1, 0.15) is 0 Å². The van der Waals surface area contributed by atoms with E-state index in [0.717, 1.165) is 16.6 Å². The molecular weight excluding hydrogens is 326 g/mol. The molecule has 0 fully saturated rings. The second-order valence-electron chi connectivity index (χ2n) is 6.53. The van der Waals surface area contributed by atoms with Crippen LogP contribution in [0.1, 0.15) is 22.8 Å². The number of benzene rings is 2. The molecule has 1 aliphatic rings. The molecule has 5 heteroatoms. The topological polar surface area (TPSA) is 62.3 Å². The van der Waals surface area contributed by atoms with E-state index in [-0.39, 0.29) is 17.9 Å². The highest BCUT2D eigenvalue weighted by Gasteiger charge is 2.30. The number of fused-ring (bicyclic) bond motifs is 2. The molecule has 0 bridgehead atoms. The summed E-state index contributed by atoms with van der Waals surface area (Å²) < 4.78 is 0. The summed E-state index contributed by atoms with van der Waals surface area (Å²) in [5.74, 6) is -0.189. The van der Waals surface area contributed by atoms with Gasteiger partial charge in [-0.3, -0.25) is 14.6 Å². The summed E-state index contributed by atoms with van der Waals surface area (Å²) in [5.41, 5.74) is 3.21. The van der Waals surface area contributed by atoms with Crippen LogP contribution in [-0.4, -0.2) is 29.4 Å². The first-order valence-corrected chi connectivity index (χ1v) is 8.64. The number of pyridine rings is 1. The van der Waals surface area contributed by atoms with Gasteiger partial charge >= 0.3 is 0 Å². The number of carbonyl (C=O) groups is 2. The molecule has 0 spiro atoms. The standard InChI is InChI=1S/C21H19N3O2/c1-14(25)23-17-12-16-6-2-3-10-19(16)24(13-17)21(26)18-9-4-7-15-8-5-11-22-20(15)18/h2-11,17H,12-13H2,1H3,(H,23,25). The van der Waals surface area contributed by atoms with Crippen molar-refractivity contribution in [3.8, 4) is 0 Å². The third-order valence-corrected chi connectivity index (χ3v) is 4.67. The zero-order valence-corrected chi connectivity index (χ0v) is 14.5. The fraction of sp³-hybridized carbons (Fsp3) is 0.190. The van der Waals surface area contributed by atoms with Crippen molar-refractivity contribution in [2.75, 3.05) is 11.4 Å². The number of amides is 2. The summed E-state index contributed by atoms with van der Waals surface area (Å²) in [6.07, 6.45) is 2.41. The van der Waals surface area contributed by atoms with Gasteiger partial charge in [-0.2, -0.15) is 0 Å². The van der Waals surface area contributed by atoms with Crippen LogP contribution in [-0.2, 0) is 11.2 Å². The number of hydrogen-bond acceptors (Lipinski definition) is 3. The zero-order valence-electron chi connectivity index (χ0n) is 14.5. The first kappa shape index (κ1) is 16.3. The van der Waals surface area contributed by atoms with Gasteiger partial charge in [0.2, 0.25) is 5.91 Å². The lowest BCUT2D eigenvalue weighted by molar-refractivity contribution is -0.119. The smallest absolute Gasteiger partial charge is 0.260 e. The van der Waals surface area contributed by atoms with Gasteiger partial charge in [-0.05, 0) is 30.2 Å². The van der Waals surface area contributed by atoms with Crippen LogP contribution in [0.4, 0.5) is 5.69 Å². The summed E-state index contributed by atoms with van der Waals surface area (Å²) >= 11 is 0. The molecule has 130 valence electrons. The van der Waals surface area contributed by atoms with E-state index in [1.165, 1.54) is 6.92 Å². The Morgan fingerprint density at radius 3 is 2.73 bits per heavy atom. The molecule has 0 saturated carbocycles. The lowest BCUT2D eigenvalue weighted by Crippen LogP contribution is -2.49. The second kappa shape index (κ2) is 6.59. The fourth-order valence-electron chi connectivity index (χ4n) is 3.59. The SMILES string of the molecule is CC(=O)NC1Cc2ccccc2N(C(=O)c2cccc3cccnc23)C1. The minimum Gasteiger partial charge on any atom is -0.351 e. The van der Waals surface area contributed by atoms with Crippen LogP contribution >= 0.6 is 0 Å². The van der Waals surface area contributed by atoms with Crippen LogP contribution < -0.4 is 10.2 Å². The number of hydrogen-bond donors (Lipinski definition) is 1. The largest absolute Gasteiger partial charge is 0.351 e. The van der Waals surface area contributed by atoms with Crippen molar-refractivity contribution in [3.05, 3.63) is 71.9 Å². The maximum atomic E-state index is 13.4. The maximum Gasteiger partial charge on any atom is 0.260 e. The highest BCUT2D eigenvalue weighted by atomic mass is 16.2. The van der Waals surface area contributed by atoms with Crippen LogP contribution in [0.25, 0.3) is 10.9 Å². The van der Waals surface area contributed by atoms with Crippen molar-refractivity contribution in [1.82, 2.24) is 10.3 Å². The van der Waals surface area contributed by atoms with E-state index in [1.807, 2.05) is 54.6 Å². The average molecular weight is 345 g/mol. The van der Waals surface area contributed by atoms with Gasteiger partial charge in [0, 0.05) is 30.7 Å². The van der Waals surface area contributed by atoms with Crippen molar-refractivity contribution >= 4 is 28.4 Å². The molecule has 1 atom stereocenters. The Bertz CT molecular complexity index is 994. The summed E-state index contributed by atoms with van der Waals surface area (Å²) in [6, 6.07) is 17.2. The molecule has 1 aliphatic heterocycles. The number of aromatic nitrogens is 1. The predicted octanol–water partition coefficient (Wildman–Crippen LogP) is 2.94. The first-order chi connectivity index (χ1) is 12.6. The Labute approximate surface area is 151 Å². The molecule has 1 aromatic heterocycles. The van der Waals surface area contributed by atoms with Gasteiger partial charge in [-0.15, -0.1) is 0 Å². The van der Waals surface area contributed by atoms with Gasteiger partial charge in [-0.1, -0.05) is 36.4 Å². The molecular formula is C21H19N3O2. The number of rotatable bonds is 2. The molecule has 2 aromatic carbocycles. The molecule has 1 N–H and O–H groups in total. The van der Waals surface area contributed by atoms with E-state index in [0.29, 0.717) is 24.0 Å². The summed E-state index contributed by atoms with van der Waals surface area (Å²) in [6.45, 7) is 1.94. The monoisotopic (exact) mass is 345 g/mol. The zero-order chi connectivity index (χ0) is 18.1. The summed E-state index contributed by atoms with van der Waals surface area (Å²) in [5, 5.41) is 3.88. The van der Waals surface area contributed by atoms with Crippen molar-refractivity contribution in [2.24, 2.45) is 0 Å². The molecule has 2 heterocycles. The number of carbonyl (C=O) groups excluding carboxylic acids is 2. The van der Waals surface area contributed by atoms with E-state index in [1.54, 1.807) is 11.1 Å². The molecule has 26 heavy (non-hydrogen) atoms. The van der Waals surface area contributed by atoms with Gasteiger partial charge in [0.25, 0.3) is 5.91 Å². The van der Waals surface area contributed by atoms with Crippen LogP contribution in [0.2, 0.25) is 0 Å². The van der Waals surface area contributed by atoms with Gasteiger partial charge < -0.3 is 10.2 Å². The predicted molar refractivity (Wildman–Crippen MR) is 101 cm³/mol. The highest BCUT2D eigenvalue weighted by molar-refractivity contribution is 6.13. The number of nitrogens with one attached hydrogen (secondary N) is 1. The summed E-state index contributed by atoms with van der Waals surface area (Å²) in [7, 11) is 0. The van der Waals surface area contributed by atoms with Crippen LogP contribution in [0.5, 0.6) is 0 Å². The van der Waals surface area contributed by atoms with E-state index >= 15 is 0 Å². The van der Waals surface area contributed by atoms with Crippen LogP contribution in [0.15, 0.2) is 60.8 Å². The molecule has 0 radical (unpaired) electrons. The third kappa shape index (κ3) is 2.92. The lowest BCUT2D eigenvalue weighted by atomic mass is 9.96. The van der Waals surface area contributed by atoms with Crippen molar-refractivity contribution in [2.45, 2.75) is 19.4 Å². The first-order valence-electron chi connectivity index (χ1n) is 8.64. The van der Waals surface area contributed by atoms with E-state index in [2.05, 4.69) is 10.3 Å². The molecule has 3 aromatic rings. The van der Waals surface area contributed by atoms with Crippen LogP contribution in [0.3, 0.4) is 0 Å². The minimum atomic E-state index is -0.103. The fourth-order valence-corrected chi connectivity index (χ4v) is 3.59. The molecule has 0 saturated heterocycles. The highest BCUT2D eigenvalue weighted by Crippen LogP contribution is 2.29. The number of para-hydroxylation sites is 2. The van der Waals surface area contributed by atoms with Crippen molar-refractivity contribution < 1.29 is 9.59 Å². The summed E-state index contributed by atoms with van der Waals surface area (Å²) in [4.78, 5) is 31.1. The van der Waals surface area contributed by atoms with Gasteiger partial charge in [0.05, 0.1) is 17.1 Å². The van der Waals surface area contributed by atoms with Crippen molar-refractivity contribution in [3.63, 3.8) is 0 Å². The number of nitrogens with zero attached hydrogens (tertiary/aromatic N) is 2. The Kier molecular flexibility index (Phi) is 4.13. The number of anilines is 1. The Morgan fingerprint density at radius 1 is 1.08 bits per heavy atom. The Balaban J connectivity index is 1.77. The van der Waals surface area contributed by atoms with Crippen molar-refractivity contribution in [1.29, 1.82) is 0 Å². The Hall–Kier alpha value is -3.21. The maximum absolute atomic E-state index is 13.4. The third-order valence-electron chi connectivity index (χ3n) is 4.67. The van der Waals surface area contributed by atoms with E-state index < -0.39 is 0 Å². The molecule has 2 amide bonds. The molecule has 0 aliphatic carbocycles. The normalized spacial score (nSPS) is 16.2. The van der Waals surface area contributed by atoms with E-state index in [9.17, 15) is 9.59 Å². The average Bonchev–Trinajstić information content (AvgIpc) is 2.66. The second-order valence-corrected chi connectivity index (χ2v) is 6.53.